The number of aryl methyl sites for hydroxylation is 1. The smallest absolute Gasteiger partial charge is 0.163 e. The van der Waals surface area contributed by atoms with Crippen molar-refractivity contribution < 1.29 is 14.3 Å². The Balaban J connectivity index is 1.53. The lowest BCUT2D eigenvalue weighted by molar-refractivity contribution is -0.171. The van der Waals surface area contributed by atoms with Crippen molar-refractivity contribution in [2.24, 2.45) is 5.92 Å². The molecule has 35 heavy (non-hydrogen) atoms. The lowest BCUT2D eigenvalue weighted by Crippen LogP contribution is -2.45. The highest BCUT2D eigenvalue weighted by atomic mass is 35.5. The van der Waals surface area contributed by atoms with E-state index in [1.165, 1.54) is 0 Å². The van der Waals surface area contributed by atoms with Gasteiger partial charge < -0.3 is 9.47 Å². The SMILES string of the molecule is Cc1[nH]ncc1-c1cccc(Oc2ccc(C(=O)CC3CC(C)(C)OC(C)(C)C3)cc2Cl)c1C#N. The Labute approximate surface area is 211 Å². The lowest BCUT2D eigenvalue weighted by Gasteiger charge is -2.45. The van der Waals surface area contributed by atoms with Gasteiger partial charge in [-0.25, -0.2) is 0 Å². The van der Waals surface area contributed by atoms with E-state index in [1.54, 1.807) is 30.5 Å². The average molecular weight is 492 g/mol. The summed E-state index contributed by atoms with van der Waals surface area (Å²) in [5, 5.41) is 17.1. The highest BCUT2D eigenvalue weighted by Crippen LogP contribution is 2.41. The van der Waals surface area contributed by atoms with E-state index in [2.05, 4.69) is 44.0 Å². The summed E-state index contributed by atoms with van der Waals surface area (Å²) in [4.78, 5) is 13.1. The summed E-state index contributed by atoms with van der Waals surface area (Å²) >= 11 is 6.52. The Hall–Kier alpha value is -3.14. The first-order chi connectivity index (χ1) is 16.5. The number of ether oxygens (including phenoxy) is 2. The summed E-state index contributed by atoms with van der Waals surface area (Å²) in [6.07, 6.45) is 3.79. The van der Waals surface area contributed by atoms with Crippen LogP contribution in [0.3, 0.4) is 0 Å². The molecule has 0 saturated carbocycles. The van der Waals surface area contributed by atoms with Crippen molar-refractivity contribution in [2.75, 3.05) is 0 Å². The molecular weight excluding hydrogens is 462 g/mol. The summed E-state index contributed by atoms with van der Waals surface area (Å²) in [5.74, 6) is 1.06. The second-order valence-corrected chi connectivity index (χ2v) is 10.9. The van der Waals surface area contributed by atoms with E-state index < -0.39 is 0 Å². The molecule has 1 N–H and O–H groups in total. The lowest BCUT2D eigenvalue weighted by atomic mass is 9.78. The van der Waals surface area contributed by atoms with Crippen LogP contribution in [0.4, 0.5) is 0 Å². The first kappa shape index (κ1) is 25.0. The number of nitrogens with zero attached hydrogens (tertiary/aromatic N) is 2. The molecule has 7 heteroatoms. The van der Waals surface area contributed by atoms with Gasteiger partial charge in [-0.15, -0.1) is 0 Å². The molecule has 6 nitrogen and oxygen atoms in total. The van der Waals surface area contributed by atoms with Gasteiger partial charge in [0.2, 0.25) is 0 Å². The van der Waals surface area contributed by atoms with Crippen LogP contribution in [-0.2, 0) is 4.74 Å². The van der Waals surface area contributed by atoms with Crippen LogP contribution in [0.25, 0.3) is 11.1 Å². The molecule has 0 bridgehead atoms. The number of hydrogen-bond donors (Lipinski definition) is 1. The fourth-order valence-electron chi connectivity index (χ4n) is 5.27. The summed E-state index contributed by atoms with van der Waals surface area (Å²) < 4.78 is 12.2. The summed E-state index contributed by atoms with van der Waals surface area (Å²) in [7, 11) is 0. The van der Waals surface area contributed by atoms with Crippen LogP contribution < -0.4 is 4.74 Å². The standard InChI is InChI=1S/C28H30ClN3O3/c1-17-22(16-31-32-17)20-7-6-8-25(21(20)15-30)34-26-10-9-19(12-23(26)29)24(33)11-18-13-27(2,3)35-28(4,5)14-18/h6-10,12,16,18H,11,13-14H2,1-5H3,(H,31,32). The molecule has 0 amide bonds. The molecule has 0 atom stereocenters. The number of ketones is 1. The second kappa shape index (κ2) is 9.49. The first-order valence-electron chi connectivity index (χ1n) is 11.7. The van der Waals surface area contributed by atoms with Gasteiger partial charge in [-0.1, -0.05) is 23.7 Å². The number of carbonyl (C=O) groups excluding carboxylic acids is 1. The van der Waals surface area contributed by atoms with E-state index in [0.29, 0.717) is 34.1 Å². The number of aromatic amines is 1. The van der Waals surface area contributed by atoms with Gasteiger partial charge in [-0.05, 0) is 77.6 Å². The van der Waals surface area contributed by atoms with E-state index >= 15 is 0 Å². The molecule has 0 unspecified atom stereocenters. The van der Waals surface area contributed by atoms with Gasteiger partial charge in [0.1, 0.15) is 23.1 Å². The predicted octanol–water partition coefficient (Wildman–Crippen LogP) is 7.26. The maximum Gasteiger partial charge on any atom is 0.163 e. The number of Topliss-reactive ketones (excluding diaryl/α,β-unsaturated/α-hetero) is 1. The van der Waals surface area contributed by atoms with Gasteiger partial charge in [0, 0.05) is 28.8 Å². The zero-order valence-electron chi connectivity index (χ0n) is 20.7. The number of nitrogens with one attached hydrogen (secondary N) is 1. The van der Waals surface area contributed by atoms with E-state index in [0.717, 1.165) is 29.7 Å². The highest BCUT2D eigenvalue weighted by Gasteiger charge is 2.39. The fraction of sp³-hybridized carbons (Fsp3) is 0.393. The van der Waals surface area contributed by atoms with Gasteiger partial charge in [0.15, 0.2) is 5.78 Å². The number of hydrogen-bond acceptors (Lipinski definition) is 5. The second-order valence-electron chi connectivity index (χ2n) is 10.5. The maximum atomic E-state index is 13.1. The van der Waals surface area contributed by atoms with Crippen LogP contribution in [0.1, 0.15) is 68.6 Å². The molecule has 2 aromatic carbocycles. The van der Waals surface area contributed by atoms with Crippen molar-refractivity contribution in [1.82, 2.24) is 10.2 Å². The molecule has 2 heterocycles. The van der Waals surface area contributed by atoms with Crippen molar-refractivity contribution in [3.05, 3.63) is 64.4 Å². The van der Waals surface area contributed by atoms with Gasteiger partial charge >= 0.3 is 0 Å². The van der Waals surface area contributed by atoms with Crippen LogP contribution in [0.2, 0.25) is 5.02 Å². The van der Waals surface area contributed by atoms with Crippen LogP contribution in [0.15, 0.2) is 42.6 Å². The third kappa shape index (κ3) is 5.58. The minimum Gasteiger partial charge on any atom is -0.454 e. The van der Waals surface area contributed by atoms with Crippen molar-refractivity contribution in [2.45, 2.75) is 65.1 Å². The highest BCUT2D eigenvalue weighted by molar-refractivity contribution is 6.32. The van der Waals surface area contributed by atoms with Crippen molar-refractivity contribution in [3.63, 3.8) is 0 Å². The predicted molar refractivity (Wildman–Crippen MR) is 136 cm³/mol. The average Bonchev–Trinajstić information content (AvgIpc) is 3.18. The number of halogens is 1. The molecule has 3 aromatic rings. The Morgan fingerprint density at radius 2 is 1.89 bits per heavy atom. The molecule has 1 aliphatic rings. The van der Waals surface area contributed by atoms with E-state index in [4.69, 9.17) is 21.1 Å². The van der Waals surface area contributed by atoms with Crippen molar-refractivity contribution in [3.8, 4) is 28.7 Å². The van der Waals surface area contributed by atoms with Gasteiger partial charge in [0.25, 0.3) is 0 Å². The van der Waals surface area contributed by atoms with E-state index in [-0.39, 0.29) is 22.9 Å². The topological polar surface area (TPSA) is 88.0 Å². The minimum atomic E-state index is -0.260. The summed E-state index contributed by atoms with van der Waals surface area (Å²) in [5.41, 5.74) is 2.83. The quantitative estimate of drug-likeness (QED) is 0.366. The summed E-state index contributed by atoms with van der Waals surface area (Å²) in [6, 6.07) is 12.7. The molecule has 1 fully saturated rings. The Morgan fingerprint density at radius 3 is 2.49 bits per heavy atom. The van der Waals surface area contributed by atoms with E-state index in [1.807, 2.05) is 19.1 Å². The normalized spacial score (nSPS) is 17.1. The molecule has 1 saturated heterocycles. The number of benzene rings is 2. The molecule has 1 aliphatic heterocycles. The van der Waals surface area contributed by atoms with Crippen molar-refractivity contribution in [1.29, 1.82) is 5.26 Å². The first-order valence-corrected chi connectivity index (χ1v) is 12.1. The molecule has 0 radical (unpaired) electrons. The van der Waals surface area contributed by atoms with Gasteiger partial charge in [-0.3, -0.25) is 9.89 Å². The molecular formula is C28H30ClN3O3. The molecule has 0 aliphatic carbocycles. The van der Waals surface area contributed by atoms with Gasteiger partial charge in [0.05, 0.1) is 22.4 Å². The fourth-order valence-corrected chi connectivity index (χ4v) is 5.49. The van der Waals surface area contributed by atoms with Crippen LogP contribution in [0.5, 0.6) is 11.5 Å². The monoisotopic (exact) mass is 491 g/mol. The number of H-pyrrole nitrogens is 1. The molecule has 182 valence electrons. The van der Waals surface area contributed by atoms with Crippen LogP contribution in [0, 0.1) is 24.2 Å². The van der Waals surface area contributed by atoms with Crippen LogP contribution in [-0.4, -0.2) is 27.2 Å². The molecule has 0 spiro atoms. The third-order valence-corrected chi connectivity index (χ3v) is 6.61. The van der Waals surface area contributed by atoms with E-state index in [9.17, 15) is 10.1 Å². The number of aromatic nitrogens is 2. The number of nitriles is 1. The Morgan fingerprint density at radius 1 is 1.17 bits per heavy atom. The molecule has 1 aromatic heterocycles. The van der Waals surface area contributed by atoms with Crippen molar-refractivity contribution >= 4 is 17.4 Å². The largest absolute Gasteiger partial charge is 0.454 e. The minimum absolute atomic E-state index is 0.0482. The number of rotatable bonds is 6. The van der Waals surface area contributed by atoms with Gasteiger partial charge in [-0.2, -0.15) is 10.4 Å². The third-order valence-electron chi connectivity index (χ3n) is 6.32. The van der Waals surface area contributed by atoms with Crippen LogP contribution >= 0.6 is 11.6 Å². The molecule has 4 rings (SSSR count). The number of carbonyl (C=O) groups is 1. The zero-order chi connectivity index (χ0) is 25.4. The zero-order valence-corrected chi connectivity index (χ0v) is 21.5. The Bertz CT molecular complexity index is 1290. The summed E-state index contributed by atoms with van der Waals surface area (Å²) in [6.45, 7) is 10.2. The maximum absolute atomic E-state index is 13.1. The Kier molecular flexibility index (Phi) is 6.77.